The topological polar surface area (TPSA) is 20.3 Å². The van der Waals surface area contributed by atoms with Gasteiger partial charge in [0.1, 0.15) is 0 Å². The smallest absolute Gasteiger partial charge is 0.223 e. The van der Waals surface area contributed by atoms with Crippen molar-refractivity contribution in [1.82, 2.24) is 4.90 Å². The molecule has 2 nitrogen and oxygen atoms in total. The van der Waals surface area contributed by atoms with Crippen molar-refractivity contribution >= 4 is 5.91 Å². The number of amides is 1. The minimum absolute atomic E-state index is 0.272. The fourth-order valence-electron chi connectivity index (χ4n) is 3.06. The van der Waals surface area contributed by atoms with Crippen LogP contribution in [0.4, 0.5) is 0 Å². The van der Waals surface area contributed by atoms with Crippen molar-refractivity contribution < 1.29 is 4.79 Å². The highest BCUT2D eigenvalue weighted by Crippen LogP contribution is 2.19. The van der Waals surface area contributed by atoms with Crippen molar-refractivity contribution in [3.63, 3.8) is 0 Å². The molecule has 0 fully saturated rings. The van der Waals surface area contributed by atoms with Crippen LogP contribution in [-0.4, -0.2) is 17.4 Å². The van der Waals surface area contributed by atoms with Gasteiger partial charge in [0, 0.05) is 19.5 Å². The summed E-state index contributed by atoms with van der Waals surface area (Å²) in [4.78, 5) is 14.4. The van der Waals surface area contributed by atoms with Gasteiger partial charge in [-0.3, -0.25) is 4.79 Å². The van der Waals surface area contributed by atoms with E-state index in [9.17, 15) is 4.79 Å². The summed E-state index contributed by atoms with van der Waals surface area (Å²) in [6.45, 7) is 3.78. The van der Waals surface area contributed by atoms with Crippen molar-refractivity contribution in [2.24, 2.45) is 0 Å². The highest BCUT2D eigenvalue weighted by Gasteiger charge is 2.19. The molecule has 114 valence electrons. The molecule has 0 aromatic heterocycles. The Kier molecular flexibility index (Phi) is 4.57. The molecule has 0 saturated carbocycles. The Labute approximate surface area is 132 Å². The summed E-state index contributed by atoms with van der Waals surface area (Å²) in [6, 6.07) is 17.1. The van der Waals surface area contributed by atoms with E-state index in [-0.39, 0.29) is 5.91 Å². The van der Waals surface area contributed by atoms with Gasteiger partial charge in [0.2, 0.25) is 5.91 Å². The Morgan fingerprint density at radius 1 is 1.00 bits per heavy atom. The molecular weight excluding hydrogens is 270 g/mol. The van der Waals surface area contributed by atoms with Crippen LogP contribution in [0.1, 0.15) is 35.6 Å². The van der Waals surface area contributed by atoms with Crippen LogP contribution in [0.2, 0.25) is 0 Å². The lowest BCUT2D eigenvalue weighted by molar-refractivity contribution is -0.132. The zero-order valence-electron chi connectivity index (χ0n) is 13.2. The second-order valence-corrected chi connectivity index (χ2v) is 6.00. The van der Waals surface area contributed by atoms with E-state index < -0.39 is 0 Å². The summed E-state index contributed by atoms with van der Waals surface area (Å²) < 4.78 is 0. The average Bonchev–Trinajstić information content (AvgIpc) is 2.59. The van der Waals surface area contributed by atoms with Crippen LogP contribution in [0.3, 0.4) is 0 Å². The number of carbonyl (C=O) groups excluding carboxylic acids is 1. The minimum Gasteiger partial charge on any atom is -0.338 e. The Balaban J connectivity index is 1.56. The van der Waals surface area contributed by atoms with Crippen LogP contribution < -0.4 is 0 Å². The van der Waals surface area contributed by atoms with Crippen LogP contribution in [0, 0.1) is 0 Å². The third-order valence-corrected chi connectivity index (χ3v) is 4.54. The Hall–Kier alpha value is -2.09. The quantitative estimate of drug-likeness (QED) is 0.840. The second kappa shape index (κ2) is 6.78. The molecule has 0 spiro atoms. The molecule has 2 aromatic carbocycles. The lowest BCUT2D eigenvalue weighted by atomic mass is 9.99. The fourth-order valence-corrected chi connectivity index (χ4v) is 3.06. The van der Waals surface area contributed by atoms with E-state index in [1.54, 1.807) is 0 Å². The molecule has 0 saturated heterocycles. The van der Waals surface area contributed by atoms with Crippen LogP contribution >= 0.6 is 0 Å². The normalized spacial score (nSPS) is 13.8. The number of carbonyl (C=O) groups is 1. The standard InChI is InChI=1S/C20H23NO/c1-2-16-7-9-17(10-8-16)11-12-20(22)21-14-13-18-5-3-4-6-19(18)15-21/h3-10H,2,11-15H2,1H3. The first-order valence-corrected chi connectivity index (χ1v) is 8.18. The molecule has 0 unspecified atom stereocenters. The van der Waals surface area contributed by atoms with Crippen LogP contribution in [0.15, 0.2) is 48.5 Å². The Morgan fingerprint density at radius 2 is 1.68 bits per heavy atom. The Bertz CT molecular complexity index is 645. The maximum absolute atomic E-state index is 12.4. The minimum atomic E-state index is 0.272. The van der Waals surface area contributed by atoms with Gasteiger partial charge >= 0.3 is 0 Å². The molecule has 2 aromatic rings. The monoisotopic (exact) mass is 293 g/mol. The summed E-state index contributed by atoms with van der Waals surface area (Å²) >= 11 is 0. The predicted octanol–water partition coefficient (Wildman–Crippen LogP) is 3.77. The summed E-state index contributed by atoms with van der Waals surface area (Å²) in [6.07, 6.45) is 3.48. The van der Waals surface area contributed by atoms with Gasteiger partial charge in [0.05, 0.1) is 0 Å². The van der Waals surface area contributed by atoms with Crippen LogP contribution in [0.5, 0.6) is 0 Å². The number of rotatable bonds is 4. The van der Waals surface area contributed by atoms with Gasteiger partial charge in [-0.25, -0.2) is 0 Å². The van der Waals surface area contributed by atoms with E-state index in [4.69, 9.17) is 0 Å². The fraction of sp³-hybridized carbons (Fsp3) is 0.350. The molecule has 0 aliphatic carbocycles. The van der Waals surface area contributed by atoms with Crippen molar-refractivity contribution in [3.05, 3.63) is 70.8 Å². The van der Waals surface area contributed by atoms with Gasteiger partial charge in [0.25, 0.3) is 0 Å². The Morgan fingerprint density at radius 3 is 2.41 bits per heavy atom. The number of hydrogen-bond acceptors (Lipinski definition) is 1. The largest absolute Gasteiger partial charge is 0.338 e. The number of aryl methyl sites for hydroxylation is 2. The van der Waals surface area contributed by atoms with Gasteiger partial charge in [-0.2, -0.15) is 0 Å². The van der Waals surface area contributed by atoms with E-state index in [0.717, 1.165) is 32.4 Å². The summed E-state index contributed by atoms with van der Waals surface area (Å²) in [7, 11) is 0. The molecule has 1 amide bonds. The van der Waals surface area contributed by atoms with E-state index in [1.165, 1.54) is 22.3 Å². The van der Waals surface area contributed by atoms with Gasteiger partial charge in [-0.15, -0.1) is 0 Å². The highest BCUT2D eigenvalue weighted by molar-refractivity contribution is 5.76. The molecule has 2 heteroatoms. The lowest BCUT2D eigenvalue weighted by Crippen LogP contribution is -2.36. The van der Waals surface area contributed by atoms with Gasteiger partial charge < -0.3 is 4.90 Å². The van der Waals surface area contributed by atoms with E-state index in [0.29, 0.717) is 6.42 Å². The van der Waals surface area contributed by atoms with Gasteiger partial charge in [0.15, 0.2) is 0 Å². The lowest BCUT2D eigenvalue weighted by Gasteiger charge is -2.29. The summed E-state index contributed by atoms with van der Waals surface area (Å²) in [5.74, 6) is 0.272. The number of fused-ring (bicyclic) bond motifs is 1. The number of benzene rings is 2. The van der Waals surface area contributed by atoms with Crippen LogP contribution in [0.25, 0.3) is 0 Å². The zero-order chi connectivity index (χ0) is 15.4. The summed E-state index contributed by atoms with van der Waals surface area (Å²) in [5, 5.41) is 0. The first-order valence-electron chi connectivity index (χ1n) is 8.18. The zero-order valence-corrected chi connectivity index (χ0v) is 13.2. The van der Waals surface area contributed by atoms with Crippen molar-refractivity contribution in [2.75, 3.05) is 6.54 Å². The molecule has 1 aliphatic heterocycles. The van der Waals surface area contributed by atoms with Gasteiger partial charge in [-0.1, -0.05) is 55.5 Å². The van der Waals surface area contributed by atoms with Crippen molar-refractivity contribution in [1.29, 1.82) is 0 Å². The molecule has 22 heavy (non-hydrogen) atoms. The maximum Gasteiger partial charge on any atom is 0.223 e. The van der Waals surface area contributed by atoms with E-state index in [2.05, 4.69) is 55.5 Å². The molecule has 0 radical (unpaired) electrons. The number of hydrogen-bond donors (Lipinski definition) is 0. The molecule has 1 aliphatic rings. The molecule has 1 heterocycles. The number of nitrogens with zero attached hydrogens (tertiary/aromatic N) is 1. The first-order chi connectivity index (χ1) is 10.8. The van der Waals surface area contributed by atoms with E-state index >= 15 is 0 Å². The van der Waals surface area contributed by atoms with Crippen LogP contribution in [-0.2, 0) is 30.6 Å². The molecule has 0 atom stereocenters. The van der Waals surface area contributed by atoms with Gasteiger partial charge in [-0.05, 0) is 41.5 Å². The average molecular weight is 293 g/mol. The summed E-state index contributed by atoms with van der Waals surface area (Å²) in [5.41, 5.74) is 5.29. The SMILES string of the molecule is CCc1ccc(CCC(=O)N2CCc3ccccc3C2)cc1. The third-order valence-electron chi connectivity index (χ3n) is 4.54. The third kappa shape index (κ3) is 3.38. The molecular formula is C20H23NO. The second-order valence-electron chi connectivity index (χ2n) is 6.00. The van der Waals surface area contributed by atoms with E-state index in [1.807, 2.05) is 4.90 Å². The van der Waals surface area contributed by atoms with Crippen molar-refractivity contribution in [3.8, 4) is 0 Å². The van der Waals surface area contributed by atoms with Crippen molar-refractivity contribution in [2.45, 2.75) is 39.2 Å². The first kappa shape index (κ1) is 14.8. The maximum atomic E-state index is 12.4. The molecule has 0 N–H and O–H groups in total. The predicted molar refractivity (Wildman–Crippen MR) is 89.7 cm³/mol. The molecule has 3 rings (SSSR count). The highest BCUT2D eigenvalue weighted by atomic mass is 16.2. The molecule has 0 bridgehead atoms.